The molecule has 3 N–H and O–H groups in total. The number of carboxylic acid groups (broad SMARTS) is 1. The van der Waals surface area contributed by atoms with Crippen molar-refractivity contribution in [1.82, 2.24) is 0 Å². The average molecular weight is 236 g/mol. The number of rotatable bonds is 3. The molecular weight excluding hydrogens is 228 g/mol. The highest BCUT2D eigenvalue weighted by Crippen LogP contribution is 2.29. The molecule has 0 saturated carbocycles. The summed E-state index contributed by atoms with van der Waals surface area (Å²) in [6.07, 6.45) is -2.78. The van der Waals surface area contributed by atoms with Crippen molar-refractivity contribution in [3.05, 3.63) is 34.3 Å². The van der Waals surface area contributed by atoms with Crippen LogP contribution in [0.25, 0.3) is 0 Å². The molecule has 0 bridgehead atoms. The minimum absolute atomic E-state index is 0.162. The Kier molecular flexibility index (Phi) is 3.60. The van der Waals surface area contributed by atoms with Gasteiger partial charge in [-0.3, -0.25) is 4.79 Å². The van der Waals surface area contributed by atoms with Crippen LogP contribution >= 0.6 is 11.6 Å². The monoisotopic (exact) mass is 235 g/mol. The fraction of sp³-hybridized carbons (Fsp3) is 0.222. The van der Waals surface area contributed by atoms with Gasteiger partial charge in [-0.05, 0) is 17.7 Å². The van der Waals surface area contributed by atoms with Crippen LogP contribution in [0.2, 0.25) is 5.02 Å². The molecule has 1 aromatic rings. The second-order valence-corrected chi connectivity index (χ2v) is 3.33. The molecule has 3 nitrogen and oxygen atoms in total. The number of halogens is 3. The molecule has 0 saturated heterocycles. The number of aliphatic carboxylic acids is 1. The average Bonchev–Trinajstić information content (AvgIpc) is 2.15. The normalized spacial score (nSPS) is 12.9. The van der Waals surface area contributed by atoms with E-state index in [9.17, 15) is 13.6 Å². The Morgan fingerprint density at radius 3 is 2.47 bits per heavy atom. The van der Waals surface area contributed by atoms with Crippen LogP contribution in [0.3, 0.4) is 0 Å². The van der Waals surface area contributed by atoms with E-state index in [-0.39, 0.29) is 10.6 Å². The molecule has 6 heteroatoms. The van der Waals surface area contributed by atoms with Gasteiger partial charge >= 0.3 is 5.97 Å². The molecule has 0 fully saturated rings. The zero-order valence-electron chi connectivity index (χ0n) is 7.45. The highest BCUT2D eigenvalue weighted by Gasteiger charge is 2.22. The molecule has 1 aromatic carbocycles. The van der Waals surface area contributed by atoms with Crippen LogP contribution in [0.1, 0.15) is 23.6 Å². The molecule has 0 heterocycles. The summed E-state index contributed by atoms with van der Waals surface area (Å²) in [6, 6.07) is 1.99. The lowest BCUT2D eigenvalue weighted by molar-refractivity contribution is -0.138. The van der Waals surface area contributed by atoms with Crippen molar-refractivity contribution < 1.29 is 18.7 Å². The molecule has 0 aliphatic carbocycles. The Bertz CT molecular complexity index is 384. The van der Waals surface area contributed by atoms with Gasteiger partial charge in [0.25, 0.3) is 6.43 Å². The van der Waals surface area contributed by atoms with Crippen molar-refractivity contribution in [1.29, 1.82) is 0 Å². The topological polar surface area (TPSA) is 63.3 Å². The zero-order valence-corrected chi connectivity index (χ0v) is 8.21. The van der Waals surface area contributed by atoms with E-state index < -0.39 is 24.0 Å². The number of nitrogens with two attached hydrogens (primary N) is 1. The predicted octanol–water partition coefficient (Wildman–Crippen LogP) is 2.36. The number of alkyl halides is 2. The maximum absolute atomic E-state index is 12.5. The van der Waals surface area contributed by atoms with Crippen molar-refractivity contribution in [2.24, 2.45) is 5.73 Å². The molecule has 0 radical (unpaired) electrons. The maximum Gasteiger partial charge on any atom is 0.325 e. The number of carbonyl (C=O) groups is 1. The van der Waals surface area contributed by atoms with Gasteiger partial charge in [0, 0.05) is 10.6 Å². The highest BCUT2D eigenvalue weighted by molar-refractivity contribution is 6.30. The van der Waals surface area contributed by atoms with E-state index in [0.29, 0.717) is 0 Å². The van der Waals surface area contributed by atoms with Crippen LogP contribution in [0.4, 0.5) is 8.78 Å². The van der Waals surface area contributed by atoms with Crippen LogP contribution in [0.5, 0.6) is 0 Å². The van der Waals surface area contributed by atoms with Crippen molar-refractivity contribution >= 4 is 17.6 Å². The maximum atomic E-state index is 12.5. The van der Waals surface area contributed by atoms with Gasteiger partial charge in [-0.25, -0.2) is 8.78 Å². The highest BCUT2D eigenvalue weighted by atomic mass is 35.5. The summed E-state index contributed by atoms with van der Waals surface area (Å²) in [6.45, 7) is 0. The largest absolute Gasteiger partial charge is 0.480 e. The first-order valence-electron chi connectivity index (χ1n) is 3.99. The molecule has 0 spiro atoms. The Hall–Kier alpha value is -1.20. The van der Waals surface area contributed by atoms with Gasteiger partial charge in [-0.1, -0.05) is 17.7 Å². The van der Waals surface area contributed by atoms with Gasteiger partial charge in [0.1, 0.15) is 6.04 Å². The summed E-state index contributed by atoms with van der Waals surface area (Å²) in [5, 5.41) is 8.79. The zero-order chi connectivity index (χ0) is 11.6. The molecule has 1 atom stereocenters. The van der Waals surface area contributed by atoms with Crippen LogP contribution < -0.4 is 5.73 Å². The SMILES string of the molecule is NC(C(=O)O)c1cc(Cl)ccc1C(F)F. The molecule has 0 amide bonds. The van der Waals surface area contributed by atoms with E-state index >= 15 is 0 Å². The summed E-state index contributed by atoms with van der Waals surface area (Å²) >= 11 is 5.58. The molecule has 0 aromatic heterocycles. The molecule has 0 aliphatic heterocycles. The second-order valence-electron chi connectivity index (χ2n) is 2.89. The molecule has 82 valence electrons. The summed E-state index contributed by atoms with van der Waals surface area (Å²) in [5.41, 5.74) is 4.68. The standard InChI is InChI=1S/C9H8ClF2NO2/c10-4-1-2-5(8(11)12)6(3-4)7(13)9(14)15/h1-3,7-8H,13H2,(H,14,15). The molecule has 0 aliphatic rings. The van der Waals surface area contributed by atoms with E-state index in [4.69, 9.17) is 22.4 Å². The van der Waals surface area contributed by atoms with Crippen molar-refractivity contribution in [2.75, 3.05) is 0 Å². The third-order valence-corrected chi connectivity index (χ3v) is 2.12. The Balaban J connectivity index is 3.24. The Labute approximate surface area is 89.5 Å². The van der Waals surface area contributed by atoms with Gasteiger partial charge in [0.15, 0.2) is 0 Å². The summed E-state index contributed by atoms with van der Waals surface area (Å²) in [7, 11) is 0. The smallest absolute Gasteiger partial charge is 0.325 e. The van der Waals surface area contributed by atoms with Crippen LogP contribution in [-0.4, -0.2) is 11.1 Å². The van der Waals surface area contributed by atoms with Crippen molar-refractivity contribution in [3.63, 3.8) is 0 Å². The van der Waals surface area contributed by atoms with E-state index in [1.54, 1.807) is 0 Å². The van der Waals surface area contributed by atoms with Crippen LogP contribution in [-0.2, 0) is 4.79 Å². The van der Waals surface area contributed by atoms with E-state index in [2.05, 4.69) is 0 Å². The molecule has 1 rings (SSSR count). The lowest BCUT2D eigenvalue weighted by atomic mass is 10.0. The van der Waals surface area contributed by atoms with Crippen molar-refractivity contribution in [3.8, 4) is 0 Å². The summed E-state index contributed by atoms with van der Waals surface area (Å²) in [5.74, 6) is -1.38. The predicted molar refractivity (Wildman–Crippen MR) is 51.0 cm³/mol. The minimum Gasteiger partial charge on any atom is -0.480 e. The molecular formula is C9H8ClF2NO2. The van der Waals surface area contributed by atoms with Crippen molar-refractivity contribution in [2.45, 2.75) is 12.5 Å². The number of carboxylic acids is 1. The van der Waals surface area contributed by atoms with E-state index in [1.807, 2.05) is 0 Å². The van der Waals surface area contributed by atoms with E-state index in [0.717, 1.165) is 12.1 Å². The summed E-state index contributed by atoms with van der Waals surface area (Å²) in [4.78, 5) is 10.6. The van der Waals surface area contributed by atoms with Crippen LogP contribution in [0.15, 0.2) is 18.2 Å². The Morgan fingerprint density at radius 2 is 2.00 bits per heavy atom. The number of benzene rings is 1. The fourth-order valence-corrected chi connectivity index (χ4v) is 1.33. The van der Waals surface area contributed by atoms with Gasteiger partial charge in [0.2, 0.25) is 0 Å². The lowest BCUT2D eigenvalue weighted by Gasteiger charge is -2.12. The Morgan fingerprint density at radius 1 is 1.40 bits per heavy atom. The number of hydrogen-bond acceptors (Lipinski definition) is 2. The first-order chi connectivity index (χ1) is 6.93. The number of hydrogen-bond donors (Lipinski definition) is 2. The quantitative estimate of drug-likeness (QED) is 0.845. The second kappa shape index (κ2) is 4.55. The summed E-state index contributed by atoms with van der Waals surface area (Å²) < 4.78 is 25.0. The molecule has 15 heavy (non-hydrogen) atoms. The minimum atomic E-state index is -2.78. The third kappa shape index (κ3) is 2.64. The van der Waals surface area contributed by atoms with Gasteiger partial charge in [-0.15, -0.1) is 0 Å². The lowest BCUT2D eigenvalue weighted by Crippen LogP contribution is -2.22. The van der Waals surface area contributed by atoms with Gasteiger partial charge in [0.05, 0.1) is 0 Å². The van der Waals surface area contributed by atoms with Gasteiger partial charge in [-0.2, -0.15) is 0 Å². The van der Waals surface area contributed by atoms with E-state index in [1.165, 1.54) is 6.07 Å². The third-order valence-electron chi connectivity index (χ3n) is 1.89. The first-order valence-corrected chi connectivity index (χ1v) is 4.37. The fourth-order valence-electron chi connectivity index (χ4n) is 1.15. The van der Waals surface area contributed by atoms with Crippen LogP contribution in [0, 0.1) is 0 Å². The first kappa shape index (κ1) is 11.9. The molecule has 1 unspecified atom stereocenters. The van der Waals surface area contributed by atoms with Gasteiger partial charge < -0.3 is 10.8 Å².